The number of rotatable bonds is 5. The van der Waals surface area contributed by atoms with Crippen molar-refractivity contribution in [3.05, 3.63) is 35.4 Å². The van der Waals surface area contributed by atoms with Crippen molar-refractivity contribution in [2.75, 3.05) is 7.05 Å². The van der Waals surface area contributed by atoms with Gasteiger partial charge in [-0.1, -0.05) is 38.1 Å². The normalized spacial score (nSPS) is 12.5. The molecule has 0 bridgehead atoms. The van der Waals surface area contributed by atoms with Gasteiger partial charge in [0.05, 0.1) is 0 Å². The summed E-state index contributed by atoms with van der Waals surface area (Å²) in [5, 5.41) is 3.08. The van der Waals surface area contributed by atoms with Gasteiger partial charge >= 0.3 is 0 Å². The van der Waals surface area contributed by atoms with Gasteiger partial charge in [0.1, 0.15) is 0 Å². The highest BCUT2D eigenvalue weighted by Crippen LogP contribution is 2.12. The van der Waals surface area contributed by atoms with Crippen molar-refractivity contribution in [3.63, 3.8) is 0 Å². The molecular formula is C13H19NO. The molecule has 0 aliphatic carbocycles. The van der Waals surface area contributed by atoms with Crippen LogP contribution in [0.1, 0.15) is 36.2 Å². The molecule has 1 aromatic carbocycles. The van der Waals surface area contributed by atoms with E-state index >= 15 is 0 Å². The molecule has 0 saturated carbocycles. The minimum atomic E-state index is 0.125. The lowest BCUT2D eigenvalue weighted by molar-refractivity contribution is 0.0927. The third kappa shape index (κ3) is 3.17. The first kappa shape index (κ1) is 11.9. The number of ketones is 1. The summed E-state index contributed by atoms with van der Waals surface area (Å²) >= 11 is 0. The van der Waals surface area contributed by atoms with E-state index in [9.17, 15) is 4.79 Å². The Labute approximate surface area is 91.7 Å². The first-order chi connectivity index (χ1) is 7.19. The van der Waals surface area contributed by atoms with Crippen molar-refractivity contribution in [2.24, 2.45) is 5.92 Å². The first-order valence-electron chi connectivity index (χ1n) is 5.46. The molecule has 2 heteroatoms. The van der Waals surface area contributed by atoms with Gasteiger partial charge in [-0.25, -0.2) is 0 Å². The van der Waals surface area contributed by atoms with Gasteiger partial charge in [-0.15, -0.1) is 0 Å². The maximum absolute atomic E-state index is 11.8. The second kappa shape index (κ2) is 5.66. The molecule has 1 aromatic rings. The molecule has 2 nitrogen and oxygen atoms in total. The fourth-order valence-electron chi connectivity index (χ4n) is 1.46. The Morgan fingerprint density at radius 3 is 2.40 bits per heavy atom. The molecule has 15 heavy (non-hydrogen) atoms. The highest BCUT2D eigenvalue weighted by molar-refractivity contribution is 5.97. The molecule has 1 N–H and O–H groups in total. The summed E-state index contributed by atoms with van der Waals surface area (Å²) in [6.45, 7) is 4.86. The number of carbonyl (C=O) groups excluding carboxylic acids is 1. The van der Waals surface area contributed by atoms with Crippen molar-refractivity contribution in [1.29, 1.82) is 0 Å². The van der Waals surface area contributed by atoms with Crippen molar-refractivity contribution in [1.82, 2.24) is 5.32 Å². The number of hydrogen-bond acceptors (Lipinski definition) is 2. The van der Waals surface area contributed by atoms with Crippen molar-refractivity contribution >= 4 is 5.78 Å². The van der Waals surface area contributed by atoms with Gasteiger partial charge in [-0.3, -0.25) is 4.79 Å². The van der Waals surface area contributed by atoms with Crippen molar-refractivity contribution < 1.29 is 4.79 Å². The average molecular weight is 205 g/mol. The van der Waals surface area contributed by atoms with E-state index in [1.807, 2.05) is 45.2 Å². The van der Waals surface area contributed by atoms with Crippen LogP contribution in [-0.4, -0.2) is 12.8 Å². The minimum absolute atomic E-state index is 0.125. The van der Waals surface area contributed by atoms with Crippen LogP contribution in [0.2, 0.25) is 0 Å². The predicted molar refractivity (Wildman–Crippen MR) is 63.0 cm³/mol. The molecule has 1 atom stereocenters. The van der Waals surface area contributed by atoms with Crippen molar-refractivity contribution in [2.45, 2.75) is 26.8 Å². The average Bonchev–Trinajstić information content (AvgIpc) is 2.28. The zero-order valence-electron chi connectivity index (χ0n) is 9.71. The fourth-order valence-corrected chi connectivity index (χ4v) is 1.46. The minimum Gasteiger partial charge on any atom is -0.316 e. The Balaban J connectivity index is 2.75. The summed E-state index contributed by atoms with van der Waals surface area (Å²) in [7, 11) is 1.91. The van der Waals surface area contributed by atoms with Crippen LogP contribution in [-0.2, 0) is 6.54 Å². The van der Waals surface area contributed by atoms with Gasteiger partial charge in [0.15, 0.2) is 5.78 Å². The Morgan fingerprint density at radius 2 is 1.93 bits per heavy atom. The standard InChI is InChI=1S/C13H19NO/c1-4-10(2)13(15)12-7-5-11(6-8-12)9-14-3/h5-8,10,14H,4,9H2,1-3H3. The van der Waals surface area contributed by atoms with Gasteiger partial charge in [0.25, 0.3) is 0 Å². The molecule has 0 aliphatic rings. The Morgan fingerprint density at radius 1 is 1.33 bits per heavy atom. The van der Waals surface area contributed by atoms with Crippen LogP contribution < -0.4 is 5.32 Å². The van der Waals surface area contributed by atoms with Crippen LogP contribution in [0.25, 0.3) is 0 Å². The molecule has 0 saturated heterocycles. The third-order valence-electron chi connectivity index (χ3n) is 2.68. The molecule has 1 rings (SSSR count). The summed E-state index contributed by atoms with van der Waals surface area (Å²) < 4.78 is 0. The maximum atomic E-state index is 11.8. The Hall–Kier alpha value is -1.15. The second-order valence-corrected chi connectivity index (χ2v) is 3.90. The molecule has 0 spiro atoms. The number of benzene rings is 1. The van der Waals surface area contributed by atoms with E-state index in [1.54, 1.807) is 0 Å². The molecule has 0 radical (unpaired) electrons. The quantitative estimate of drug-likeness (QED) is 0.749. The largest absolute Gasteiger partial charge is 0.316 e. The Kier molecular flexibility index (Phi) is 4.50. The SMILES string of the molecule is CCC(C)C(=O)c1ccc(CNC)cc1. The van der Waals surface area contributed by atoms with Gasteiger partial charge in [0.2, 0.25) is 0 Å². The van der Waals surface area contributed by atoms with Crippen LogP contribution in [0.3, 0.4) is 0 Å². The molecule has 82 valence electrons. The van der Waals surface area contributed by atoms with E-state index in [1.165, 1.54) is 5.56 Å². The molecule has 0 heterocycles. The lowest BCUT2D eigenvalue weighted by Gasteiger charge is -2.08. The van der Waals surface area contributed by atoms with E-state index in [4.69, 9.17) is 0 Å². The van der Waals surface area contributed by atoms with Crippen LogP contribution in [0, 0.1) is 5.92 Å². The fraction of sp³-hybridized carbons (Fsp3) is 0.462. The monoisotopic (exact) mass is 205 g/mol. The summed E-state index contributed by atoms with van der Waals surface area (Å²) in [6, 6.07) is 7.85. The number of nitrogens with one attached hydrogen (secondary N) is 1. The smallest absolute Gasteiger partial charge is 0.165 e. The van der Waals surface area contributed by atoms with Gasteiger partial charge in [0, 0.05) is 18.0 Å². The van der Waals surface area contributed by atoms with E-state index in [-0.39, 0.29) is 11.7 Å². The van der Waals surface area contributed by atoms with E-state index < -0.39 is 0 Å². The summed E-state index contributed by atoms with van der Waals surface area (Å²) in [4.78, 5) is 11.8. The van der Waals surface area contributed by atoms with E-state index in [0.29, 0.717) is 0 Å². The summed E-state index contributed by atoms with van der Waals surface area (Å²) in [6.07, 6.45) is 0.900. The second-order valence-electron chi connectivity index (χ2n) is 3.90. The number of hydrogen-bond donors (Lipinski definition) is 1. The summed E-state index contributed by atoms with van der Waals surface area (Å²) in [5.74, 6) is 0.369. The van der Waals surface area contributed by atoms with Gasteiger partial charge in [-0.2, -0.15) is 0 Å². The zero-order valence-corrected chi connectivity index (χ0v) is 9.71. The zero-order chi connectivity index (χ0) is 11.3. The lowest BCUT2D eigenvalue weighted by Crippen LogP contribution is -2.10. The molecule has 0 fully saturated rings. The van der Waals surface area contributed by atoms with Crippen LogP contribution in [0.15, 0.2) is 24.3 Å². The van der Waals surface area contributed by atoms with Crippen LogP contribution in [0.5, 0.6) is 0 Å². The maximum Gasteiger partial charge on any atom is 0.165 e. The molecule has 0 aliphatic heterocycles. The lowest BCUT2D eigenvalue weighted by atomic mass is 9.96. The van der Waals surface area contributed by atoms with E-state index in [0.717, 1.165) is 18.5 Å². The first-order valence-corrected chi connectivity index (χ1v) is 5.46. The highest BCUT2D eigenvalue weighted by atomic mass is 16.1. The predicted octanol–water partition coefficient (Wildman–Crippen LogP) is 2.63. The number of carbonyl (C=O) groups is 1. The van der Waals surface area contributed by atoms with E-state index in [2.05, 4.69) is 5.32 Å². The topological polar surface area (TPSA) is 29.1 Å². The number of Topliss-reactive ketones (excluding diaryl/α,β-unsaturated/α-hetero) is 1. The van der Waals surface area contributed by atoms with Crippen LogP contribution >= 0.6 is 0 Å². The molecular weight excluding hydrogens is 186 g/mol. The molecule has 0 amide bonds. The third-order valence-corrected chi connectivity index (χ3v) is 2.68. The van der Waals surface area contributed by atoms with Crippen LogP contribution in [0.4, 0.5) is 0 Å². The summed E-state index contributed by atoms with van der Waals surface area (Å²) in [5.41, 5.74) is 2.03. The molecule has 1 unspecified atom stereocenters. The van der Waals surface area contributed by atoms with Gasteiger partial charge < -0.3 is 5.32 Å². The Bertz CT molecular complexity index is 316. The molecule has 0 aromatic heterocycles. The van der Waals surface area contributed by atoms with Crippen molar-refractivity contribution in [3.8, 4) is 0 Å². The highest BCUT2D eigenvalue weighted by Gasteiger charge is 2.12. The van der Waals surface area contributed by atoms with Gasteiger partial charge in [-0.05, 0) is 19.0 Å².